The largest absolute Gasteiger partial charge is 1.00 e. The van der Waals surface area contributed by atoms with Gasteiger partial charge >= 0.3 is 5.51 Å². The Hall–Kier alpha value is -2.31. The van der Waals surface area contributed by atoms with Crippen LogP contribution in [0, 0.1) is 0 Å². The van der Waals surface area contributed by atoms with Crippen molar-refractivity contribution in [2.24, 2.45) is 7.05 Å². The first kappa shape index (κ1) is 27.9. The third kappa shape index (κ3) is 5.66. The van der Waals surface area contributed by atoms with Gasteiger partial charge in [0.15, 0.2) is 22.0 Å². The first-order valence-electron chi connectivity index (χ1n) is 10.0. The van der Waals surface area contributed by atoms with E-state index >= 15 is 0 Å². The molecule has 0 amide bonds. The molecule has 0 spiro atoms. The van der Waals surface area contributed by atoms with Crippen LogP contribution >= 0.6 is 0 Å². The Labute approximate surface area is 214 Å². The molecule has 1 aliphatic heterocycles. The fourth-order valence-electron chi connectivity index (χ4n) is 4.01. The maximum absolute atomic E-state index is 10.7. The molecule has 182 valence electrons. The lowest BCUT2D eigenvalue weighted by atomic mass is 9.81. The van der Waals surface area contributed by atoms with Crippen molar-refractivity contribution in [2.75, 3.05) is 7.05 Å². The average molecular weight is 604 g/mol. The van der Waals surface area contributed by atoms with E-state index in [1.165, 1.54) is 33.4 Å². The minimum Gasteiger partial charge on any atom is -1.00 e. The molecule has 10 heteroatoms. The number of para-hydroxylation sites is 2. The quantitative estimate of drug-likeness (QED) is 0.193. The highest BCUT2D eigenvalue weighted by atomic mass is 127. The van der Waals surface area contributed by atoms with Crippen LogP contribution in [0.3, 0.4) is 0 Å². The Morgan fingerprint density at radius 3 is 2.12 bits per heavy atom. The Bertz CT molecular complexity index is 1380. The number of alkyl halides is 3. The first-order chi connectivity index (χ1) is 15.2. The first-order valence-corrected chi connectivity index (χ1v) is 11.4. The van der Waals surface area contributed by atoms with Crippen molar-refractivity contribution >= 4 is 38.5 Å². The number of halogens is 4. The Morgan fingerprint density at radius 1 is 0.971 bits per heavy atom. The van der Waals surface area contributed by atoms with Crippen LogP contribution in [0.4, 0.5) is 18.9 Å². The van der Waals surface area contributed by atoms with Gasteiger partial charge < -0.3 is 28.5 Å². The van der Waals surface area contributed by atoms with Gasteiger partial charge in [0.25, 0.3) is 0 Å². The zero-order valence-electron chi connectivity index (χ0n) is 19.0. The summed E-state index contributed by atoms with van der Waals surface area (Å²) in [6.07, 6.45) is 6.69. The molecule has 0 atom stereocenters. The summed E-state index contributed by atoms with van der Waals surface area (Å²) in [5, 5.41) is 1.26. The second-order valence-electron chi connectivity index (χ2n) is 8.26. The lowest BCUT2D eigenvalue weighted by Crippen LogP contribution is -3.00. The van der Waals surface area contributed by atoms with Crippen molar-refractivity contribution < 1.29 is 59.3 Å². The van der Waals surface area contributed by atoms with Gasteiger partial charge in [0, 0.05) is 34.7 Å². The Kier molecular flexibility index (Phi) is 8.32. The molecule has 0 N–H and O–H groups in total. The van der Waals surface area contributed by atoms with E-state index in [1.807, 2.05) is 0 Å². The molecule has 0 radical (unpaired) electrons. The molecular formula is C24H24F3IN2O3S. The number of rotatable bonds is 2. The van der Waals surface area contributed by atoms with Crippen molar-refractivity contribution in [3.05, 3.63) is 78.0 Å². The summed E-state index contributed by atoms with van der Waals surface area (Å²) < 4.78 is 63.4. The van der Waals surface area contributed by atoms with Crippen molar-refractivity contribution in [3.8, 4) is 0 Å². The summed E-state index contributed by atoms with van der Waals surface area (Å²) in [6.45, 7) is 4.60. The smallest absolute Gasteiger partial charge is 0.485 e. The maximum Gasteiger partial charge on any atom is 0.485 e. The third-order valence-electron chi connectivity index (χ3n) is 5.64. The Balaban J connectivity index is 0.000000394. The zero-order valence-corrected chi connectivity index (χ0v) is 21.9. The second-order valence-corrected chi connectivity index (χ2v) is 9.63. The maximum atomic E-state index is 10.7. The predicted molar refractivity (Wildman–Crippen MR) is 120 cm³/mol. The molecule has 5 nitrogen and oxygen atoms in total. The molecule has 34 heavy (non-hydrogen) atoms. The van der Waals surface area contributed by atoms with Gasteiger partial charge in [-0.25, -0.2) is 13.0 Å². The number of hydrogen-bond donors (Lipinski definition) is 0. The number of pyridine rings is 1. The van der Waals surface area contributed by atoms with Crippen LogP contribution in [0.2, 0.25) is 0 Å². The normalized spacial score (nSPS) is 15.1. The monoisotopic (exact) mass is 604 g/mol. The number of benzene rings is 2. The lowest BCUT2D eigenvalue weighted by molar-refractivity contribution is -0.645. The Morgan fingerprint density at radius 2 is 1.53 bits per heavy atom. The van der Waals surface area contributed by atoms with E-state index in [1.54, 1.807) is 0 Å². The molecule has 1 aliphatic rings. The molecule has 4 rings (SSSR count). The van der Waals surface area contributed by atoms with Crippen molar-refractivity contribution in [1.82, 2.24) is 0 Å². The topological polar surface area (TPSA) is 64.1 Å². The van der Waals surface area contributed by atoms with Gasteiger partial charge in [-0.3, -0.25) is 0 Å². The summed E-state index contributed by atoms with van der Waals surface area (Å²) >= 11 is 0. The molecule has 0 saturated carbocycles. The highest BCUT2D eigenvalue weighted by Gasteiger charge is 2.42. The van der Waals surface area contributed by atoms with Crippen molar-refractivity contribution in [3.63, 3.8) is 0 Å². The van der Waals surface area contributed by atoms with E-state index in [4.69, 9.17) is 13.0 Å². The van der Waals surface area contributed by atoms with Crippen molar-refractivity contribution in [1.29, 1.82) is 0 Å². The van der Waals surface area contributed by atoms with Gasteiger partial charge in [0.2, 0.25) is 11.2 Å². The van der Waals surface area contributed by atoms with E-state index in [0.29, 0.717) is 0 Å². The van der Waals surface area contributed by atoms with Gasteiger partial charge in [-0.15, -0.1) is 0 Å². The van der Waals surface area contributed by atoms with E-state index in [0.717, 1.165) is 0 Å². The van der Waals surface area contributed by atoms with E-state index in [-0.39, 0.29) is 29.4 Å². The summed E-state index contributed by atoms with van der Waals surface area (Å²) in [5.74, 6) is 0. The molecule has 1 aromatic heterocycles. The molecule has 0 fully saturated rings. The van der Waals surface area contributed by atoms with Gasteiger partial charge in [0.1, 0.15) is 14.1 Å². The van der Waals surface area contributed by atoms with Gasteiger partial charge in [0.05, 0.1) is 5.41 Å². The fraction of sp³-hybridized carbons (Fsp3) is 0.250. The molecule has 2 heterocycles. The van der Waals surface area contributed by atoms with Gasteiger partial charge in [-0.2, -0.15) is 17.7 Å². The zero-order chi connectivity index (χ0) is 24.6. The summed E-state index contributed by atoms with van der Waals surface area (Å²) in [5.41, 5.74) is 0.849. The van der Waals surface area contributed by atoms with E-state index in [2.05, 4.69) is 110 Å². The SMILES string of the molecule is C[N+]1=C(C=Cc2cc3ccccc3[n+](C)c2)C(C)(C)c2ccccc21.O=S(=O)([O-])C(F)(F)F.[I-]. The molecular weight excluding hydrogens is 580 g/mol. The van der Waals surface area contributed by atoms with Crippen LogP contribution in [-0.2, 0) is 22.6 Å². The number of aryl methyl sites for hydroxylation is 1. The second kappa shape index (κ2) is 10.1. The number of fused-ring (bicyclic) bond motifs is 2. The third-order valence-corrected chi connectivity index (χ3v) is 6.21. The highest BCUT2D eigenvalue weighted by molar-refractivity contribution is 7.86. The van der Waals surface area contributed by atoms with Crippen LogP contribution in [0.1, 0.15) is 25.0 Å². The van der Waals surface area contributed by atoms with Crippen LogP contribution < -0.4 is 28.5 Å². The number of nitrogens with zero attached hydrogens (tertiary/aromatic N) is 2. The summed E-state index contributed by atoms with van der Waals surface area (Å²) in [4.78, 5) is 0. The van der Waals surface area contributed by atoms with Crippen LogP contribution in [0.5, 0.6) is 0 Å². The summed E-state index contributed by atoms with van der Waals surface area (Å²) in [7, 11) is -1.82. The fourth-order valence-corrected chi connectivity index (χ4v) is 4.01. The predicted octanol–water partition coefficient (Wildman–Crippen LogP) is 1.44. The molecule has 0 unspecified atom stereocenters. The number of hydrogen-bond acceptors (Lipinski definition) is 3. The number of allylic oxidation sites excluding steroid dienone is 1. The van der Waals surface area contributed by atoms with Crippen LogP contribution in [-0.4, -0.2) is 35.8 Å². The number of aromatic nitrogens is 1. The van der Waals surface area contributed by atoms with Gasteiger partial charge in [-0.05, 0) is 32.1 Å². The molecule has 0 saturated heterocycles. The minimum atomic E-state index is -6.09. The van der Waals surface area contributed by atoms with E-state index in [9.17, 15) is 13.2 Å². The minimum absolute atomic E-state index is 0. The standard InChI is InChI=1S/C23H24N2.CHF3O3S.HI/c1-23(2)19-10-6-8-12-21(19)25(4)22(23)14-13-17-15-18-9-5-7-11-20(18)24(3)16-17;2-1(3,4)8(5,6)7;/h5-16H,1-4H3;(H,5,6,7);1H/q+2;;/p-2. The summed E-state index contributed by atoms with van der Waals surface area (Å²) in [6, 6.07) is 19.4. The van der Waals surface area contributed by atoms with E-state index < -0.39 is 15.6 Å². The lowest BCUT2D eigenvalue weighted by Gasteiger charge is -2.15. The van der Waals surface area contributed by atoms with Gasteiger partial charge in [-0.1, -0.05) is 30.3 Å². The molecule has 0 bridgehead atoms. The molecule has 3 aromatic rings. The van der Waals surface area contributed by atoms with Crippen molar-refractivity contribution in [2.45, 2.75) is 24.8 Å². The molecule has 0 aliphatic carbocycles. The van der Waals surface area contributed by atoms with Crippen LogP contribution in [0.15, 0.2) is 66.9 Å². The average Bonchev–Trinajstić information content (AvgIpc) is 2.91. The van der Waals surface area contributed by atoms with Crippen LogP contribution in [0.25, 0.3) is 17.0 Å². The highest BCUT2D eigenvalue weighted by Crippen LogP contribution is 2.39. The molecule has 2 aromatic carbocycles.